The molecule has 7 nitrogen and oxygen atoms in total. The molecule has 1 aliphatic rings. The quantitative estimate of drug-likeness (QED) is 0.189. The number of ether oxygens (including phenoxy) is 1. The van der Waals surface area contributed by atoms with Crippen molar-refractivity contribution in [3.8, 4) is 23.0 Å². The maximum Gasteiger partial charge on any atom is 0.160 e. The van der Waals surface area contributed by atoms with Crippen LogP contribution >= 0.6 is 0 Å². The van der Waals surface area contributed by atoms with Gasteiger partial charge >= 0.3 is 0 Å². The molecule has 0 spiro atoms. The van der Waals surface area contributed by atoms with E-state index in [1.807, 2.05) is 24.3 Å². The van der Waals surface area contributed by atoms with Gasteiger partial charge in [0.05, 0.1) is 19.3 Å². The number of phenolic OH excluding ortho intramolecular Hbond substituents is 3. The topological polar surface area (TPSA) is 127 Å². The summed E-state index contributed by atoms with van der Waals surface area (Å²) in [5.41, 5.74) is 1.88. The van der Waals surface area contributed by atoms with Crippen LogP contribution in [0.1, 0.15) is 74.0 Å². The highest BCUT2D eigenvalue weighted by Crippen LogP contribution is 2.45. The predicted octanol–water partition coefficient (Wildman–Crippen LogP) is 5.50. The minimum atomic E-state index is -0.986. The predicted molar refractivity (Wildman–Crippen MR) is 153 cm³/mol. The fourth-order valence-corrected chi connectivity index (χ4v) is 6.18. The van der Waals surface area contributed by atoms with Crippen LogP contribution in [0.5, 0.6) is 23.0 Å². The van der Waals surface area contributed by atoms with Crippen LogP contribution in [-0.2, 0) is 16.6 Å². The van der Waals surface area contributed by atoms with Crippen molar-refractivity contribution in [1.82, 2.24) is 0 Å². The second-order valence-electron chi connectivity index (χ2n) is 11.1. The summed E-state index contributed by atoms with van der Waals surface area (Å²) in [5, 5.41) is 52.3. The van der Waals surface area contributed by atoms with E-state index < -0.39 is 17.6 Å². The fraction of sp³-hybridized carbons (Fsp3) is 0.424. The molecular weight excluding hydrogens is 508 g/mol. The molecule has 5 N–H and O–H groups in total. The van der Waals surface area contributed by atoms with E-state index in [9.17, 15) is 30.3 Å². The van der Waals surface area contributed by atoms with E-state index >= 15 is 0 Å². The first kappa shape index (κ1) is 29.4. The summed E-state index contributed by atoms with van der Waals surface area (Å²) in [5.74, 6) is -0.367. The minimum absolute atomic E-state index is 0.0337. The number of Topliss-reactive ketones (excluding diaryl/α,β-unsaturated/α-hetero) is 1. The lowest BCUT2D eigenvalue weighted by Crippen LogP contribution is -2.45. The highest BCUT2D eigenvalue weighted by atomic mass is 16.5. The molecule has 4 atom stereocenters. The summed E-state index contributed by atoms with van der Waals surface area (Å²) in [4.78, 5) is 13.4. The monoisotopic (exact) mass is 548 g/mol. The van der Waals surface area contributed by atoms with Gasteiger partial charge in [0.1, 0.15) is 5.78 Å². The van der Waals surface area contributed by atoms with E-state index in [-0.39, 0.29) is 48.2 Å². The molecule has 0 heterocycles. The summed E-state index contributed by atoms with van der Waals surface area (Å²) >= 11 is 0. The molecule has 0 aliphatic heterocycles. The Balaban J connectivity index is 1.50. The summed E-state index contributed by atoms with van der Waals surface area (Å²) < 4.78 is 5.30. The highest BCUT2D eigenvalue weighted by molar-refractivity contribution is 5.79. The lowest BCUT2D eigenvalue weighted by Gasteiger charge is -2.43. The average Bonchev–Trinajstić information content (AvgIpc) is 2.94. The Hall–Kier alpha value is -3.55. The Kier molecular flexibility index (Phi) is 9.71. The van der Waals surface area contributed by atoms with Gasteiger partial charge in [-0.05, 0) is 79.0 Å². The number of benzene rings is 3. The average molecular weight is 549 g/mol. The maximum absolute atomic E-state index is 13.4. The zero-order valence-corrected chi connectivity index (χ0v) is 23.0. The SMILES string of the molecule is COc1cc([C@H](CCc2ccccc2)CC(=O)C[C@H](O)C[C@@]2(c3ccc(O)c(O)c3)CCCC[C@@H]2O)ccc1O. The molecule has 0 aromatic heterocycles. The second kappa shape index (κ2) is 13.2. The fourth-order valence-electron chi connectivity index (χ4n) is 6.18. The molecule has 40 heavy (non-hydrogen) atoms. The largest absolute Gasteiger partial charge is 0.504 e. The summed E-state index contributed by atoms with van der Waals surface area (Å²) in [6.45, 7) is 0. The van der Waals surface area contributed by atoms with E-state index in [1.165, 1.54) is 19.2 Å². The number of phenols is 3. The first-order valence-corrected chi connectivity index (χ1v) is 14.0. The number of aliphatic hydroxyl groups is 2. The van der Waals surface area contributed by atoms with Crippen LogP contribution in [0, 0.1) is 0 Å². The maximum atomic E-state index is 13.4. The van der Waals surface area contributed by atoms with Crippen molar-refractivity contribution in [3.05, 3.63) is 83.4 Å². The Morgan fingerprint density at radius 1 is 0.950 bits per heavy atom. The van der Waals surface area contributed by atoms with Gasteiger partial charge in [0, 0.05) is 18.3 Å². The summed E-state index contributed by atoms with van der Waals surface area (Å²) in [7, 11) is 1.49. The van der Waals surface area contributed by atoms with E-state index in [1.54, 1.807) is 18.2 Å². The lowest BCUT2D eigenvalue weighted by molar-refractivity contribution is -0.122. The van der Waals surface area contributed by atoms with Gasteiger partial charge in [-0.3, -0.25) is 4.79 Å². The van der Waals surface area contributed by atoms with Crippen molar-refractivity contribution >= 4 is 5.78 Å². The minimum Gasteiger partial charge on any atom is -0.504 e. The van der Waals surface area contributed by atoms with Crippen LogP contribution < -0.4 is 4.74 Å². The second-order valence-corrected chi connectivity index (χ2v) is 11.1. The Bertz CT molecular complexity index is 1280. The number of hydrogen-bond acceptors (Lipinski definition) is 7. The highest BCUT2D eigenvalue weighted by Gasteiger charge is 2.43. The number of rotatable bonds is 12. The van der Waals surface area contributed by atoms with Crippen LogP contribution in [0.15, 0.2) is 66.7 Å². The Morgan fingerprint density at radius 2 is 1.70 bits per heavy atom. The van der Waals surface area contributed by atoms with Crippen molar-refractivity contribution in [3.63, 3.8) is 0 Å². The van der Waals surface area contributed by atoms with Crippen LogP contribution in [-0.4, -0.2) is 50.6 Å². The van der Waals surface area contributed by atoms with Crippen molar-refractivity contribution < 1.29 is 35.1 Å². The van der Waals surface area contributed by atoms with Crippen LogP contribution in [0.3, 0.4) is 0 Å². The Morgan fingerprint density at radius 3 is 2.40 bits per heavy atom. The van der Waals surface area contributed by atoms with E-state index in [4.69, 9.17) is 4.74 Å². The number of carbonyl (C=O) groups is 1. The van der Waals surface area contributed by atoms with Gasteiger partial charge in [-0.15, -0.1) is 0 Å². The van der Waals surface area contributed by atoms with E-state index in [0.717, 1.165) is 30.4 Å². The molecule has 4 rings (SSSR count). The molecule has 7 heteroatoms. The van der Waals surface area contributed by atoms with Crippen molar-refractivity contribution in [2.75, 3.05) is 7.11 Å². The normalized spacial score (nSPS) is 20.5. The van der Waals surface area contributed by atoms with Crippen LogP contribution in [0.25, 0.3) is 0 Å². The van der Waals surface area contributed by atoms with Gasteiger partial charge in [-0.1, -0.05) is 55.3 Å². The van der Waals surface area contributed by atoms with Gasteiger partial charge < -0.3 is 30.3 Å². The number of hydrogen-bond donors (Lipinski definition) is 5. The molecule has 0 saturated heterocycles. The molecule has 3 aromatic rings. The summed E-state index contributed by atoms with van der Waals surface area (Å²) in [6.07, 6.45) is 2.96. The summed E-state index contributed by atoms with van der Waals surface area (Å²) in [6, 6.07) is 19.7. The van der Waals surface area contributed by atoms with E-state index in [0.29, 0.717) is 30.6 Å². The number of aliphatic hydroxyl groups excluding tert-OH is 2. The van der Waals surface area contributed by atoms with E-state index in [2.05, 4.69) is 12.1 Å². The Labute approximate surface area is 235 Å². The van der Waals surface area contributed by atoms with Gasteiger partial charge in [0.15, 0.2) is 23.0 Å². The molecule has 0 amide bonds. The number of aryl methyl sites for hydroxylation is 1. The molecule has 3 aromatic carbocycles. The molecule has 0 bridgehead atoms. The third-order valence-electron chi connectivity index (χ3n) is 8.38. The van der Waals surface area contributed by atoms with Crippen molar-refractivity contribution in [1.29, 1.82) is 0 Å². The van der Waals surface area contributed by atoms with Gasteiger partial charge in [-0.25, -0.2) is 0 Å². The molecule has 214 valence electrons. The van der Waals surface area contributed by atoms with Crippen molar-refractivity contribution in [2.24, 2.45) is 0 Å². The molecule has 0 radical (unpaired) electrons. The molecule has 1 fully saturated rings. The van der Waals surface area contributed by atoms with Crippen LogP contribution in [0.2, 0.25) is 0 Å². The van der Waals surface area contributed by atoms with Gasteiger partial charge in [0.25, 0.3) is 0 Å². The number of aromatic hydroxyl groups is 3. The number of methoxy groups -OCH3 is 1. The standard InChI is InChI=1S/C33H40O7/c1-40-31-18-24(12-14-29(31)37)23(11-10-22-7-3-2-4-8-22)17-26(34)20-27(35)21-33(16-6-5-9-32(33)39)25-13-15-28(36)30(38)19-25/h2-4,7-8,12-15,18-19,23,27,32,35-39H,5-6,9-11,16-17,20-21H2,1H3/t23-,27+,32+,33-/m1/s1. The van der Waals surface area contributed by atoms with Gasteiger partial charge in [-0.2, -0.15) is 0 Å². The first-order chi connectivity index (χ1) is 19.2. The third-order valence-corrected chi connectivity index (χ3v) is 8.38. The zero-order valence-electron chi connectivity index (χ0n) is 23.0. The van der Waals surface area contributed by atoms with Crippen LogP contribution in [0.4, 0.5) is 0 Å². The third kappa shape index (κ3) is 6.95. The zero-order chi connectivity index (χ0) is 28.7. The molecule has 1 aliphatic carbocycles. The first-order valence-electron chi connectivity index (χ1n) is 14.0. The molecule has 0 unspecified atom stereocenters. The molecule has 1 saturated carbocycles. The smallest absolute Gasteiger partial charge is 0.160 e. The number of carbonyl (C=O) groups excluding carboxylic acids is 1. The van der Waals surface area contributed by atoms with Gasteiger partial charge in [0.2, 0.25) is 0 Å². The van der Waals surface area contributed by atoms with Crippen molar-refractivity contribution in [2.45, 2.75) is 81.3 Å². The number of ketones is 1. The molecular formula is C33H40O7. The lowest BCUT2D eigenvalue weighted by atomic mass is 9.64.